The van der Waals surface area contributed by atoms with Crippen molar-refractivity contribution in [3.8, 4) is 0 Å². The Labute approximate surface area is 90.1 Å². The van der Waals surface area contributed by atoms with Gasteiger partial charge in [-0.05, 0) is 0 Å². The van der Waals surface area contributed by atoms with Gasteiger partial charge in [0.05, 0.1) is 0 Å². The maximum Gasteiger partial charge on any atom is 0.593 e. The zero-order valence-electron chi connectivity index (χ0n) is 7.36. The Morgan fingerprint density at radius 3 is 2.20 bits per heavy atom. The number of halogens is 4. The molecule has 1 aromatic carbocycles. The average molecular weight is 241 g/mol. The van der Waals surface area contributed by atoms with Gasteiger partial charge in [0, 0.05) is 5.56 Å². The number of benzene rings is 1. The fraction of sp³-hybridized carbons (Fsp3) is 0.125. The molecule has 0 atom stereocenters. The molecule has 0 fully saturated rings. The van der Waals surface area contributed by atoms with Crippen LogP contribution in [0.3, 0.4) is 0 Å². The van der Waals surface area contributed by atoms with Gasteiger partial charge in [0.2, 0.25) is 0 Å². The first-order valence-electron chi connectivity index (χ1n) is 3.63. The Bertz CT molecular complexity index is 326. The Morgan fingerprint density at radius 1 is 1.20 bits per heavy atom. The van der Waals surface area contributed by atoms with Crippen LogP contribution >= 0.6 is 12.4 Å². The van der Waals surface area contributed by atoms with E-state index in [1.165, 1.54) is 12.1 Å². The number of amidine groups is 1. The fourth-order valence-electron chi connectivity index (χ4n) is 0.763. The van der Waals surface area contributed by atoms with Gasteiger partial charge in [-0.2, -0.15) is 0 Å². The lowest BCUT2D eigenvalue weighted by Gasteiger charge is -2.03. The third kappa shape index (κ3) is 5.11. The third-order valence-electron chi connectivity index (χ3n) is 1.32. The quantitative estimate of drug-likeness (QED) is 0.490. The highest BCUT2D eigenvalue weighted by molar-refractivity contribution is 5.96. The van der Waals surface area contributed by atoms with E-state index in [4.69, 9.17) is 5.73 Å². The van der Waals surface area contributed by atoms with E-state index in [0.29, 0.717) is 5.56 Å². The van der Waals surface area contributed by atoms with Gasteiger partial charge in [-0.25, -0.2) is 0 Å². The molecule has 84 valence electrons. The van der Waals surface area contributed by atoms with Crippen molar-refractivity contribution in [3.05, 3.63) is 35.9 Å². The molecule has 0 unspecified atom stereocenters. The van der Waals surface area contributed by atoms with Crippen molar-refractivity contribution in [2.75, 3.05) is 0 Å². The topological polar surface area (TPSA) is 47.6 Å². The molecule has 0 spiro atoms. The largest absolute Gasteiger partial charge is 0.593 e. The van der Waals surface area contributed by atoms with Crippen molar-refractivity contribution in [1.82, 2.24) is 0 Å². The molecule has 0 aliphatic rings. The minimum Gasteiger partial charge on any atom is -0.380 e. The van der Waals surface area contributed by atoms with Crippen LogP contribution in [0.25, 0.3) is 0 Å². The van der Waals surface area contributed by atoms with E-state index in [1.54, 1.807) is 18.2 Å². The molecule has 0 saturated heterocycles. The standard InChI is InChI=1S/C8H7F3N2O.ClH/c9-8(10,11)14-13-7(12)6-4-2-1-3-5-6;/h1-5H,(H2,12,13);1H. The summed E-state index contributed by atoms with van der Waals surface area (Å²) in [7, 11) is 0. The molecular formula is C8H8ClF3N2O. The Kier molecular flexibility index (Phi) is 4.93. The molecule has 0 aliphatic carbocycles. The molecular weight excluding hydrogens is 233 g/mol. The van der Waals surface area contributed by atoms with Crippen LogP contribution in [0.4, 0.5) is 13.2 Å². The van der Waals surface area contributed by atoms with Crippen molar-refractivity contribution < 1.29 is 18.0 Å². The number of hydrogen-bond donors (Lipinski definition) is 1. The second-order valence-corrected chi connectivity index (χ2v) is 2.38. The van der Waals surface area contributed by atoms with Crippen LogP contribution < -0.4 is 5.73 Å². The van der Waals surface area contributed by atoms with Crippen LogP contribution in [-0.2, 0) is 4.84 Å². The highest BCUT2D eigenvalue weighted by atomic mass is 35.5. The molecule has 0 aromatic heterocycles. The lowest BCUT2D eigenvalue weighted by Crippen LogP contribution is -2.17. The van der Waals surface area contributed by atoms with Crippen LogP contribution in [0.5, 0.6) is 0 Å². The van der Waals surface area contributed by atoms with E-state index in [9.17, 15) is 13.2 Å². The first kappa shape index (κ1) is 13.6. The summed E-state index contributed by atoms with van der Waals surface area (Å²) in [5.41, 5.74) is 5.60. The van der Waals surface area contributed by atoms with E-state index in [2.05, 4.69) is 9.99 Å². The van der Waals surface area contributed by atoms with Crippen LogP contribution in [-0.4, -0.2) is 12.2 Å². The highest BCUT2D eigenvalue weighted by Gasteiger charge is 2.31. The normalized spacial score (nSPS) is 11.8. The average Bonchev–Trinajstić information content (AvgIpc) is 2.14. The smallest absolute Gasteiger partial charge is 0.380 e. The summed E-state index contributed by atoms with van der Waals surface area (Å²) in [5, 5.41) is 2.74. The van der Waals surface area contributed by atoms with E-state index >= 15 is 0 Å². The summed E-state index contributed by atoms with van der Waals surface area (Å²) >= 11 is 0. The van der Waals surface area contributed by atoms with Crippen LogP contribution in [0.1, 0.15) is 5.56 Å². The lowest BCUT2D eigenvalue weighted by atomic mass is 10.2. The van der Waals surface area contributed by atoms with Crippen LogP contribution in [0.2, 0.25) is 0 Å². The van der Waals surface area contributed by atoms with Gasteiger partial charge in [-0.15, -0.1) is 25.6 Å². The van der Waals surface area contributed by atoms with Gasteiger partial charge in [-0.1, -0.05) is 35.5 Å². The Hall–Kier alpha value is -1.43. The molecule has 7 heteroatoms. The highest BCUT2D eigenvalue weighted by Crippen LogP contribution is 2.16. The van der Waals surface area contributed by atoms with Gasteiger partial charge in [-0.3, -0.25) is 4.84 Å². The van der Waals surface area contributed by atoms with Gasteiger partial charge in [0.1, 0.15) is 0 Å². The Morgan fingerprint density at radius 2 is 1.73 bits per heavy atom. The minimum atomic E-state index is -4.81. The predicted octanol–water partition coefficient (Wildman–Crippen LogP) is 2.27. The molecule has 1 aromatic rings. The number of alkyl halides is 3. The summed E-state index contributed by atoms with van der Waals surface area (Å²) in [6, 6.07) is 8.02. The van der Waals surface area contributed by atoms with Crippen molar-refractivity contribution in [2.24, 2.45) is 10.9 Å². The third-order valence-corrected chi connectivity index (χ3v) is 1.32. The molecule has 0 radical (unpaired) electrons. The first-order valence-corrected chi connectivity index (χ1v) is 3.63. The predicted molar refractivity (Wildman–Crippen MR) is 51.6 cm³/mol. The summed E-state index contributed by atoms with van der Waals surface area (Å²) in [4.78, 5) is 3.21. The molecule has 2 N–H and O–H groups in total. The van der Waals surface area contributed by atoms with Crippen molar-refractivity contribution in [3.63, 3.8) is 0 Å². The molecule has 1 rings (SSSR count). The number of nitrogens with zero attached hydrogens (tertiary/aromatic N) is 1. The van der Waals surface area contributed by atoms with E-state index in [0.717, 1.165) is 0 Å². The van der Waals surface area contributed by atoms with Gasteiger partial charge in [0.15, 0.2) is 5.84 Å². The summed E-state index contributed by atoms with van der Waals surface area (Å²) < 4.78 is 34.6. The maximum absolute atomic E-state index is 11.5. The van der Waals surface area contributed by atoms with Crippen molar-refractivity contribution >= 4 is 18.2 Å². The number of oxime groups is 1. The minimum absolute atomic E-state index is 0. The lowest BCUT2D eigenvalue weighted by molar-refractivity contribution is -0.325. The van der Waals surface area contributed by atoms with Gasteiger partial charge >= 0.3 is 6.36 Å². The summed E-state index contributed by atoms with van der Waals surface area (Å²) in [6.07, 6.45) is -4.81. The van der Waals surface area contributed by atoms with E-state index in [-0.39, 0.29) is 18.2 Å². The van der Waals surface area contributed by atoms with Crippen molar-refractivity contribution in [1.29, 1.82) is 0 Å². The zero-order chi connectivity index (χ0) is 10.6. The monoisotopic (exact) mass is 240 g/mol. The summed E-state index contributed by atoms with van der Waals surface area (Å²) in [6.45, 7) is 0. The number of nitrogens with two attached hydrogens (primary N) is 1. The van der Waals surface area contributed by atoms with Crippen molar-refractivity contribution in [2.45, 2.75) is 6.36 Å². The second-order valence-electron chi connectivity index (χ2n) is 2.38. The van der Waals surface area contributed by atoms with Gasteiger partial charge in [0.25, 0.3) is 0 Å². The zero-order valence-corrected chi connectivity index (χ0v) is 8.18. The van der Waals surface area contributed by atoms with E-state index in [1.807, 2.05) is 0 Å². The SMILES string of the molecule is Cl.NC(=NOC(F)(F)F)c1ccccc1. The number of rotatable bonds is 2. The van der Waals surface area contributed by atoms with E-state index < -0.39 is 6.36 Å². The Balaban J connectivity index is 0.00000196. The molecule has 0 bridgehead atoms. The number of hydrogen-bond acceptors (Lipinski definition) is 2. The fourth-order valence-corrected chi connectivity index (χ4v) is 0.763. The maximum atomic E-state index is 11.5. The molecule has 15 heavy (non-hydrogen) atoms. The molecule has 0 saturated carbocycles. The summed E-state index contributed by atoms with van der Waals surface area (Å²) in [5.74, 6) is -0.317. The first-order chi connectivity index (χ1) is 6.49. The van der Waals surface area contributed by atoms with Crippen LogP contribution in [0.15, 0.2) is 35.5 Å². The van der Waals surface area contributed by atoms with Gasteiger partial charge < -0.3 is 5.73 Å². The van der Waals surface area contributed by atoms with Crippen LogP contribution in [0, 0.1) is 0 Å². The second kappa shape index (κ2) is 5.45. The molecule has 3 nitrogen and oxygen atoms in total. The molecule has 0 aliphatic heterocycles. The molecule has 0 amide bonds. The molecule has 0 heterocycles.